The number of ether oxygens (including phenoxy) is 5. The molecule has 0 fully saturated rings. The molecule has 0 unspecified atom stereocenters. The lowest BCUT2D eigenvalue weighted by Gasteiger charge is -2.16. The minimum absolute atomic E-state index is 0.0726. The van der Waals surface area contributed by atoms with Crippen LogP contribution in [0.4, 0.5) is 0 Å². The van der Waals surface area contributed by atoms with Gasteiger partial charge in [-0.1, -0.05) is 13.8 Å². The number of rotatable bonds is 11. The van der Waals surface area contributed by atoms with E-state index in [1.54, 1.807) is 12.1 Å². The highest BCUT2D eigenvalue weighted by Crippen LogP contribution is 2.42. The molecular formula is C26H29NO9. The summed E-state index contributed by atoms with van der Waals surface area (Å²) in [5.41, 5.74) is 0.884. The zero-order valence-electron chi connectivity index (χ0n) is 20.7. The molecule has 1 amide bonds. The second kappa shape index (κ2) is 11.5. The van der Waals surface area contributed by atoms with Crippen molar-refractivity contribution in [3.05, 3.63) is 47.2 Å². The maximum absolute atomic E-state index is 12.9. The van der Waals surface area contributed by atoms with Crippen LogP contribution in [0, 0.1) is 5.92 Å². The molecule has 3 rings (SSSR count). The third-order valence-corrected chi connectivity index (χ3v) is 5.37. The fourth-order valence-corrected chi connectivity index (χ4v) is 3.71. The molecule has 2 aromatic rings. The van der Waals surface area contributed by atoms with Gasteiger partial charge in [0.2, 0.25) is 11.5 Å². The molecule has 0 aromatic heterocycles. The Morgan fingerprint density at radius 1 is 1.06 bits per heavy atom. The Bertz CT molecular complexity index is 1190. The van der Waals surface area contributed by atoms with Gasteiger partial charge in [-0.15, -0.1) is 0 Å². The predicted octanol–water partition coefficient (Wildman–Crippen LogP) is 3.32. The van der Waals surface area contributed by atoms with Gasteiger partial charge < -0.3 is 34.1 Å². The molecule has 0 bridgehead atoms. The topological polar surface area (TPSA) is 130 Å². The number of amides is 1. The first-order valence-corrected chi connectivity index (χ1v) is 11.2. The molecule has 0 saturated heterocycles. The highest BCUT2D eigenvalue weighted by atomic mass is 16.5. The lowest BCUT2D eigenvalue weighted by Crippen LogP contribution is -2.43. The third-order valence-electron chi connectivity index (χ3n) is 5.37. The van der Waals surface area contributed by atoms with Crippen molar-refractivity contribution in [3.8, 4) is 28.7 Å². The Balaban J connectivity index is 1.73. The van der Waals surface area contributed by atoms with E-state index in [9.17, 15) is 19.5 Å². The van der Waals surface area contributed by atoms with E-state index >= 15 is 0 Å². The summed E-state index contributed by atoms with van der Waals surface area (Å²) in [5, 5.41) is 11.7. The number of carbonyl (C=O) groups excluding carboxylic acids is 2. The van der Waals surface area contributed by atoms with Crippen molar-refractivity contribution < 1.29 is 43.2 Å². The van der Waals surface area contributed by atoms with Gasteiger partial charge in [-0.05, 0) is 42.7 Å². The summed E-state index contributed by atoms with van der Waals surface area (Å²) in [6.45, 7) is 3.35. The van der Waals surface area contributed by atoms with E-state index in [1.807, 2.05) is 13.8 Å². The number of carboxylic acid groups (broad SMARTS) is 1. The highest BCUT2D eigenvalue weighted by Gasteiger charge is 2.29. The molecule has 1 aliphatic rings. The van der Waals surface area contributed by atoms with Gasteiger partial charge in [0.25, 0.3) is 5.91 Å². The molecule has 2 aromatic carbocycles. The zero-order valence-corrected chi connectivity index (χ0v) is 20.7. The Labute approximate surface area is 208 Å². The van der Waals surface area contributed by atoms with Crippen LogP contribution in [0.1, 0.15) is 36.2 Å². The Morgan fingerprint density at radius 3 is 2.39 bits per heavy atom. The monoisotopic (exact) mass is 499 g/mol. The standard InChI is InChI=1S/C26H29NO9/c1-14(2)10-18(26(30)31)27-22(28)13-35-16-7-8-17-20(12-16)36-21(23(17)29)11-15-6-9-19(32-3)25(34-5)24(15)33-4/h6-9,11-12,14,18H,10,13H2,1-5H3,(H,27,28)(H,30,31)/b21-11-/t18-/m0/s1. The number of fused-ring (bicyclic) bond motifs is 1. The molecule has 0 aliphatic carbocycles. The van der Waals surface area contributed by atoms with Gasteiger partial charge in [0.1, 0.15) is 17.5 Å². The number of carbonyl (C=O) groups is 3. The molecule has 1 aliphatic heterocycles. The SMILES string of the molecule is COc1ccc(/C=C2\Oc3cc(OCC(=O)N[C@@H](CC(C)C)C(=O)O)ccc3C2=O)c(OC)c1OC. The number of Topliss-reactive ketones (excluding diaryl/α,β-unsaturated/α-hetero) is 1. The molecule has 36 heavy (non-hydrogen) atoms. The second-order valence-electron chi connectivity index (χ2n) is 8.40. The largest absolute Gasteiger partial charge is 0.493 e. The number of benzene rings is 2. The van der Waals surface area contributed by atoms with Gasteiger partial charge in [-0.2, -0.15) is 0 Å². The van der Waals surface area contributed by atoms with E-state index in [4.69, 9.17) is 23.7 Å². The van der Waals surface area contributed by atoms with Gasteiger partial charge in [0.05, 0.1) is 26.9 Å². The van der Waals surface area contributed by atoms with Gasteiger partial charge in [-0.25, -0.2) is 4.79 Å². The number of hydrogen-bond donors (Lipinski definition) is 2. The number of allylic oxidation sites excluding steroid dienone is 1. The molecule has 0 spiro atoms. The normalized spacial score (nSPS) is 14.2. The molecule has 0 saturated carbocycles. The van der Waals surface area contributed by atoms with Crippen LogP contribution in [-0.4, -0.2) is 56.7 Å². The van der Waals surface area contributed by atoms with E-state index in [0.29, 0.717) is 34.8 Å². The summed E-state index contributed by atoms with van der Waals surface area (Å²) < 4.78 is 27.4. The van der Waals surface area contributed by atoms with Crippen molar-refractivity contribution in [1.82, 2.24) is 5.32 Å². The number of nitrogens with one attached hydrogen (secondary N) is 1. The fourth-order valence-electron chi connectivity index (χ4n) is 3.71. The Kier molecular flexibility index (Phi) is 8.42. The molecule has 1 atom stereocenters. The Hall–Kier alpha value is -4.21. The van der Waals surface area contributed by atoms with Crippen molar-refractivity contribution in [2.45, 2.75) is 26.3 Å². The summed E-state index contributed by atoms with van der Waals surface area (Å²) in [4.78, 5) is 36.4. The van der Waals surface area contributed by atoms with Crippen LogP contribution in [0.15, 0.2) is 36.1 Å². The molecule has 10 nitrogen and oxygen atoms in total. The van der Waals surface area contributed by atoms with Crippen molar-refractivity contribution in [1.29, 1.82) is 0 Å². The van der Waals surface area contributed by atoms with E-state index < -0.39 is 17.9 Å². The summed E-state index contributed by atoms with van der Waals surface area (Å²) >= 11 is 0. The average Bonchev–Trinajstić information content (AvgIpc) is 3.15. The Morgan fingerprint density at radius 2 is 1.78 bits per heavy atom. The molecule has 192 valence electrons. The van der Waals surface area contributed by atoms with E-state index in [-0.39, 0.29) is 35.6 Å². The maximum Gasteiger partial charge on any atom is 0.326 e. The second-order valence-corrected chi connectivity index (χ2v) is 8.40. The van der Waals surface area contributed by atoms with Crippen LogP contribution in [0.25, 0.3) is 6.08 Å². The maximum atomic E-state index is 12.9. The van der Waals surface area contributed by atoms with E-state index in [1.165, 1.54) is 45.6 Å². The van der Waals surface area contributed by atoms with Crippen molar-refractivity contribution >= 4 is 23.7 Å². The smallest absolute Gasteiger partial charge is 0.326 e. The van der Waals surface area contributed by atoms with Crippen molar-refractivity contribution in [2.24, 2.45) is 5.92 Å². The molecule has 10 heteroatoms. The van der Waals surface area contributed by atoms with Crippen LogP contribution in [0.5, 0.6) is 28.7 Å². The summed E-state index contributed by atoms with van der Waals surface area (Å²) in [6.07, 6.45) is 1.84. The van der Waals surface area contributed by atoms with Crippen LogP contribution >= 0.6 is 0 Å². The van der Waals surface area contributed by atoms with Gasteiger partial charge >= 0.3 is 5.97 Å². The highest BCUT2D eigenvalue weighted by molar-refractivity contribution is 6.14. The van der Waals surface area contributed by atoms with Crippen LogP contribution in [-0.2, 0) is 9.59 Å². The minimum atomic E-state index is -1.10. The number of methoxy groups -OCH3 is 3. The first-order chi connectivity index (χ1) is 17.2. The predicted molar refractivity (Wildman–Crippen MR) is 130 cm³/mol. The van der Waals surface area contributed by atoms with Gasteiger partial charge in [0.15, 0.2) is 23.9 Å². The van der Waals surface area contributed by atoms with Gasteiger partial charge in [-0.3, -0.25) is 9.59 Å². The van der Waals surface area contributed by atoms with Gasteiger partial charge in [0, 0.05) is 11.6 Å². The fraction of sp³-hybridized carbons (Fsp3) is 0.346. The lowest BCUT2D eigenvalue weighted by atomic mass is 10.0. The third kappa shape index (κ3) is 5.88. The van der Waals surface area contributed by atoms with Crippen molar-refractivity contribution in [3.63, 3.8) is 0 Å². The average molecular weight is 500 g/mol. The van der Waals surface area contributed by atoms with Crippen LogP contribution in [0.2, 0.25) is 0 Å². The number of hydrogen-bond acceptors (Lipinski definition) is 8. The number of aliphatic carboxylic acids is 1. The first kappa shape index (κ1) is 26.4. The van der Waals surface area contributed by atoms with E-state index in [0.717, 1.165) is 0 Å². The summed E-state index contributed by atoms with van der Waals surface area (Å²) in [7, 11) is 4.47. The van der Waals surface area contributed by atoms with Crippen LogP contribution < -0.4 is 29.0 Å². The summed E-state index contributed by atoms with van der Waals surface area (Å²) in [6, 6.07) is 6.97. The molecule has 0 radical (unpaired) electrons. The van der Waals surface area contributed by atoms with E-state index in [2.05, 4.69) is 5.32 Å². The molecular weight excluding hydrogens is 470 g/mol. The first-order valence-electron chi connectivity index (χ1n) is 11.2. The number of ketones is 1. The number of carboxylic acids is 1. The van der Waals surface area contributed by atoms with Crippen molar-refractivity contribution in [2.75, 3.05) is 27.9 Å². The van der Waals surface area contributed by atoms with Crippen LogP contribution in [0.3, 0.4) is 0 Å². The molecule has 1 heterocycles. The molecule has 2 N–H and O–H groups in total. The minimum Gasteiger partial charge on any atom is -0.493 e. The summed E-state index contributed by atoms with van der Waals surface area (Å²) in [5.74, 6) is -0.0397. The quantitative estimate of drug-likeness (QED) is 0.447. The zero-order chi connectivity index (χ0) is 26.4. The lowest BCUT2D eigenvalue weighted by molar-refractivity contribution is -0.142.